The van der Waals surface area contributed by atoms with Gasteiger partial charge in [-0.05, 0) is 35.6 Å². The van der Waals surface area contributed by atoms with E-state index >= 15 is 0 Å². The maximum atomic E-state index is 14.4. The molecule has 0 unspecified atom stereocenters. The lowest BCUT2D eigenvalue weighted by Crippen LogP contribution is -2.41. The van der Waals surface area contributed by atoms with E-state index in [1.165, 1.54) is 0 Å². The summed E-state index contributed by atoms with van der Waals surface area (Å²) in [5.41, 5.74) is 1.92. The highest BCUT2D eigenvalue weighted by atomic mass is 19.1. The summed E-state index contributed by atoms with van der Waals surface area (Å²) in [4.78, 5) is 0. The highest BCUT2D eigenvalue weighted by Gasteiger charge is 2.36. The summed E-state index contributed by atoms with van der Waals surface area (Å²) in [7, 11) is 0. The lowest BCUT2D eigenvalue weighted by atomic mass is 10.00. The Hall–Kier alpha value is -1.78. The standard InChI is InChI=1S/C21H24F2O2/c1-3-11-21(23)13-24-20(25-14-21)17-8-6-16(7-9-17)18-10-5-15(4-2)19(22)12-18/h5-10,12,20H,3-4,11,13-14H2,1-2H3. The zero-order valence-corrected chi connectivity index (χ0v) is 14.7. The Kier molecular flexibility index (Phi) is 5.50. The van der Waals surface area contributed by atoms with Crippen LogP contribution in [0.4, 0.5) is 8.78 Å². The zero-order valence-electron chi connectivity index (χ0n) is 14.7. The molecule has 0 atom stereocenters. The number of benzene rings is 2. The molecule has 4 heteroatoms. The van der Waals surface area contributed by atoms with Crippen LogP contribution in [-0.4, -0.2) is 18.9 Å². The third kappa shape index (κ3) is 4.07. The molecule has 0 saturated carbocycles. The summed E-state index contributed by atoms with van der Waals surface area (Å²) in [6.45, 7) is 3.99. The Balaban J connectivity index is 1.70. The SMILES string of the molecule is CCCC1(F)COC(c2ccc(-c3ccc(CC)c(F)c3)cc2)OC1. The number of alkyl halides is 1. The maximum absolute atomic E-state index is 14.4. The van der Waals surface area contributed by atoms with Gasteiger partial charge in [0.1, 0.15) is 5.82 Å². The highest BCUT2D eigenvalue weighted by Crippen LogP contribution is 2.32. The van der Waals surface area contributed by atoms with Gasteiger partial charge in [-0.3, -0.25) is 0 Å². The van der Waals surface area contributed by atoms with Gasteiger partial charge in [-0.15, -0.1) is 0 Å². The lowest BCUT2D eigenvalue weighted by Gasteiger charge is -2.34. The highest BCUT2D eigenvalue weighted by molar-refractivity contribution is 5.64. The van der Waals surface area contributed by atoms with Crippen molar-refractivity contribution in [3.05, 3.63) is 59.4 Å². The molecule has 134 valence electrons. The Morgan fingerprint density at radius 3 is 2.20 bits per heavy atom. The largest absolute Gasteiger partial charge is 0.345 e. The zero-order chi connectivity index (χ0) is 17.9. The van der Waals surface area contributed by atoms with Crippen molar-refractivity contribution < 1.29 is 18.3 Å². The van der Waals surface area contributed by atoms with Crippen LogP contribution < -0.4 is 0 Å². The molecule has 0 amide bonds. The summed E-state index contributed by atoms with van der Waals surface area (Å²) in [5.74, 6) is -0.182. The fraction of sp³-hybridized carbons (Fsp3) is 0.429. The van der Waals surface area contributed by atoms with Gasteiger partial charge in [-0.2, -0.15) is 0 Å². The van der Waals surface area contributed by atoms with Gasteiger partial charge in [0.25, 0.3) is 0 Å². The molecular formula is C21H24F2O2. The second-order valence-corrected chi connectivity index (χ2v) is 6.64. The van der Waals surface area contributed by atoms with Crippen molar-refractivity contribution in [1.82, 2.24) is 0 Å². The summed E-state index contributed by atoms with van der Waals surface area (Å²) >= 11 is 0. The van der Waals surface area contributed by atoms with Crippen molar-refractivity contribution >= 4 is 0 Å². The van der Waals surface area contributed by atoms with E-state index in [1.807, 2.05) is 50.2 Å². The Morgan fingerprint density at radius 1 is 1.00 bits per heavy atom. The first-order chi connectivity index (χ1) is 12.0. The van der Waals surface area contributed by atoms with E-state index in [9.17, 15) is 8.78 Å². The molecule has 1 heterocycles. The lowest BCUT2D eigenvalue weighted by molar-refractivity contribution is -0.238. The van der Waals surface area contributed by atoms with Crippen LogP contribution >= 0.6 is 0 Å². The molecule has 2 aromatic carbocycles. The second kappa shape index (κ2) is 7.63. The summed E-state index contributed by atoms with van der Waals surface area (Å²) in [5, 5.41) is 0. The van der Waals surface area contributed by atoms with Gasteiger partial charge in [0.2, 0.25) is 0 Å². The van der Waals surface area contributed by atoms with Crippen molar-refractivity contribution in [1.29, 1.82) is 0 Å². The van der Waals surface area contributed by atoms with E-state index in [1.54, 1.807) is 6.07 Å². The molecule has 1 fully saturated rings. The molecule has 2 nitrogen and oxygen atoms in total. The van der Waals surface area contributed by atoms with E-state index in [0.29, 0.717) is 18.4 Å². The van der Waals surface area contributed by atoms with Crippen LogP contribution in [0.25, 0.3) is 11.1 Å². The smallest absolute Gasteiger partial charge is 0.184 e. The first-order valence-corrected chi connectivity index (χ1v) is 8.85. The minimum absolute atomic E-state index is 0.0525. The van der Waals surface area contributed by atoms with E-state index < -0.39 is 12.0 Å². The van der Waals surface area contributed by atoms with E-state index in [0.717, 1.165) is 23.1 Å². The number of rotatable bonds is 5. The van der Waals surface area contributed by atoms with Crippen LogP contribution in [0.3, 0.4) is 0 Å². The quantitative estimate of drug-likeness (QED) is 0.701. The summed E-state index contributed by atoms with van der Waals surface area (Å²) in [6.07, 6.45) is 1.33. The van der Waals surface area contributed by atoms with Crippen molar-refractivity contribution in [2.75, 3.05) is 13.2 Å². The molecule has 25 heavy (non-hydrogen) atoms. The average molecular weight is 346 g/mol. The number of hydrogen-bond donors (Lipinski definition) is 0. The number of hydrogen-bond acceptors (Lipinski definition) is 2. The predicted octanol–water partition coefficient (Wildman–Crippen LogP) is 5.61. The first-order valence-electron chi connectivity index (χ1n) is 8.85. The van der Waals surface area contributed by atoms with Crippen molar-refractivity contribution in [2.24, 2.45) is 0 Å². The van der Waals surface area contributed by atoms with Crippen LogP contribution in [0.2, 0.25) is 0 Å². The fourth-order valence-corrected chi connectivity index (χ4v) is 3.17. The molecule has 0 N–H and O–H groups in total. The second-order valence-electron chi connectivity index (χ2n) is 6.64. The van der Waals surface area contributed by atoms with Gasteiger partial charge < -0.3 is 9.47 Å². The molecule has 0 aliphatic carbocycles. The Morgan fingerprint density at radius 2 is 1.64 bits per heavy atom. The van der Waals surface area contributed by atoms with Gasteiger partial charge in [-0.1, -0.05) is 56.7 Å². The van der Waals surface area contributed by atoms with Gasteiger partial charge >= 0.3 is 0 Å². The van der Waals surface area contributed by atoms with Gasteiger partial charge in [0.15, 0.2) is 12.0 Å². The Bertz CT molecular complexity index is 704. The molecule has 1 aliphatic rings. The molecule has 1 aliphatic heterocycles. The maximum Gasteiger partial charge on any atom is 0.184 e. The number of aryl methyl sites for hydroxylation is 1. The van der Waals surface area contributed by atoms with Gasteiger partial charge in [-0.25, -0.2) is 8.78 Å². The normalized spacial score (nSPS) is 23.6. The topological polar surface area (TPSA) is 18.5 Å². The van der Waals surface area contributed by atoms with Crippen molar-refractivity contribution in [3.63, 3.8) is 0 Å². The number of halogens is 2. The summed E-state index contributed by atoms with van der Waals surface area (Å²) < 4.78 is 39.5. The third-order valence-electron chi connectivity index (χ3n) is 4.63. The van der Waals surface area contributed by atoms with Crippen molar-refractivity contribution in [2.45, 2.75) is 45.1 Å². The molecule has 0 radical (unpaired) electrons. The monoisotopic (exact) mass is 346 g/mol. The minimum atomic E-state index is -1.39. The van der Waals surface area contributed by atoms with E-state index in [2.05, 4.69) is 0 Å². The molecular weight excluding hydrogens is 322 g/mol. The van der Waals surface area contributed by atoms with Crippen LogP contribution in [0.1, 0.15) is 44.1 Å². The Labute approximate surface area is 147 Å². The van der Waals surface area contributed by atoms with Crippen LogP contribution in [0, 0.1) is 5.82 Å². The third-order valence-corrected chi connectivity index (χ3v) is 4.63. The van der Waals surface area contributed by atoms with E-state index in [-0.39, 0.29) is 19.0 Å². The molecule has 2 aromatic rings. The first kappa shape index (κ1) is 18.0. The predicted molar refractivity (Wildman–Crippen MR) is 94.6 cm³/mol. The van der Waals surface area contributed by atoms with Gasteiger partial charge in [0.05, 0.1) is 13.2 Å². The van der Waals surface area contributed by atoms with Crippen LogP contribution in [-0.2, 0) is 15.9 Å². The molecule has 1 saturated heterocycles. The van der Waals surface area contributed by atoms with Crippen molar-refractivity contribution in [3.8, 4) is 11.1 Å². The minimum Gasteiger partial charge on any atom is -0.345 e. The van der Waals surface area contributed by atoms with Crippen LogP contribution in [0.15, 0.2) is 42.5 Å². The summed E-state index contributed by atoms with van der Waals surface area (Å²) in [6, 6.07) is 12.9. The van der Waals surface area contributed by atoms with Gasteiger partial charge in [0, 0.05) is 5.56 Å². The molecule has 0 bridgehead atoms. The fourth-order valence-electron chi connectivity index (χ4n) is 3.17. The van der Waals surface area contributed by atoms with Crippen LogP contribution in [0.5, 0.6) is 0 Å². The molecule has 0 aromatic heterocycles. The molecule has 3 rings (SSSR count). The van der Waals surface area contributed by atoms with E-state index in [4.69, 9.17) is 9.47 Å². The molecule has 0 spiro atoms. The average Bonchev–Trinajstić information content (AvgIpc) is 2.62. The number of ether oxygens (including phenoxy) is 2.